The van der Waals surface area contributed by atoms with Crippen molar-refractivity contribution in [1.82, 2.24) is 4.90 Å². The predicted octanol–water partition coefficient (Wildman–Crippen LogP) is 2.81. The van der Waals surface area contributed by atoms with Gasteiger partial charge in [-0.3, -0.25) is 0 Å². The topological polar surface area (TPSA) is 30.9 Å². The molecule has 2 heterocycles. The standard InChI is InChI=1S/C19H27NO3/c1-20-9-8-18(15-4-3-5-17(12-15)21-2)14-19(22-10-11-23-19)7-6-16(18)13-20/h3-5,12,16H,6-11,13-14H2,1-2H3/t16-,18+/m1/s1. The van der Waals surface area contributed by atoms with Crippen molar-refractivity contribution in [2.24, 2.45) is 5.92 Å². The van der Waals surface area contributed by atoms with Crippen molar-refractivity contribution in [2.45, 2.75) is 36.9 Å². The lowest BCUT2D eigenvalue weighted by molar-refractivity contribution is -0.206. The van der Waals surface area contributed by atoms with Gasteiger partial charge in [0.15, 0.2) is 5.79 Å². The first-order chi connectivity index (χ1) is 11.2. The van der Waals surface area contributed by atoms with Crippen molar-refractivity contribution in [3.05, 3.63) is 29.8 Å². The molecule has 0 amide bonds. The van der Waals surface area contributed by atoms with E-state index in [1.54, 1.807) is 7.11 Å². The Morgan fingerprint density at radius 2 is 2.04 bits per heavy atom. The summed E-state index contributed by atoms with van der Waals surface area (Å²) in [6.07, 6.45) is 4.33. The predicted molar refractivity (Wildman–Crippen MR) is 88.8 cm³/mol. The number of nitrogens with zero attached hydrogens (tertiary/aromatic N) is 1. The van der Waals surface area contributed by atoms with Crippen LogP contribution in [0.1, 0.15) is 31.2 Å². The Hall–Kier alpha value is -1.10. The van der Waals surface area contributed by atoms with Crippen LogP contribution in [0, 0.1) is 5.92 Å². The molecule has 23 heavy (non-hydrogen) atoms. The highest BCUT2D eigenvalue weighted by atomic mass is 16.7. The number of hydrogen-bond donors (Lipinski definition) is 0. The van der Waals surface area contributed by atoms with Gasteiger partial charge in [0.2, 0.25) is 0 Å². The van der Waals surface area contributed by atoms with E-state index in [2.05, 4.69) is 30.1 Å². The molecular formula is C19H27NO3. The van der Waals surface area contributed by atoms with E-state index in [1.807, 2.05) is 6.07 Å². The maximum absolute atomic E-state index is 6.09. The van der Waals surface area contributed by atoms with Gasteiger partial charge >= 0.3 is 0 Å². The molecule has 4 nitrogen and oxygen atoms in total. The molecule has 1 aromatic carbocycles. The van der Waals surface area contributed by atoms with Crippen LogP contribution in [-0.4, -0.2) is 51.1 Å². The van der Waals surface area contributed by atoms with Gasteiger partial charge in [0.1, 0.15) is 5.75 Å². The molecule has 2 saturated heterocycles. The van der Waals surface area contributed by atoms with Gasteiger partial charge in [0.05, 0.1) is 20.3 Å². The van der Waals surface area contributed by atoms with E-state index in [-0.39, 0.29) is 11.2 Å². The van der Waals surface area contributed by atoms with Crippen molar-refractivity contribution < 1.29 is 14.2 Å². The van der Waals surface area contributed by atoms with Crippen molar-refractivity contribution >= 4 is 0 Å². The van der Waals surface area contributed by atoms with Crippen LogP contribution < -0.4 is 4.74 Å². The van der Waals surface area contributed by atoms with Gasteiger partial charge in [-0.1, -0.05) is 12.1 Å². The first kappa shape index (κ1) is 15.4. The molecule has 3 aliphatic rings. The second-order valence-electron chi connectivity index (χ2n) is 7.42. The number of methoxy groups -OCH3 is 1. The van der Waals surface area contributed by atoms with Crippen LogP contribution in [0.15, 0.2) is 24.3 Å². The quantitative estimate of drug-likeness (QED) is 0.839. The van der Waals surface area contributed by atoms with E-state index >= 15 is 0 Å². The minimum absolute atomic E-state index is 0.142. The van der Waals surface area contributed by atoms with Crippen molar-refractivity contribution in [1.29, 1.82) is 0 Å². The Kier molecular flexibility index (Phi) is 3.87. The molecule has 0 aromatic heterocycles. The summed E-state index contributed by atoms with van der Waals surface area (Å²) in [7, 11) is 3.98. The highest BCUT2D eigenvalue weighted by Gasteiger charge is 2.55. The number of hydrogen-bond acceptors (Lipinski definition) is 4. The number of fused-ring (bicyclic) bond motifs is 1. The second kappa shape index (κ2) is 5.76. The van der Waals surface area contributed by atoms with E-state index in [0.29, 0.717) is 5.92 Å². The van der Waals surface area contributed by atoms with Crippen LogP contribution in [-0.2, 0) is 14.9 Å². The third kappa shape index (κ3) is 2.57. The van der Waals surface area contributed by atoms with Gasteiger partial charge in [-0.15, -0.1) is 0 Å². The summed E-state index contributed by atoms with van der Waals surface area (Å²) in [6, 6.07) is 8.66. The molecule has 4 rings (SSSR count). The van der Waals surface area contributed by atoms with Gasteiger partial charge in [-0.25, -0.2) is 0 Å². The fourth-order valence-electron chi connectivity index (χ4n) is 4.96. The van der Waals surface area contributed by atoms with E-state index < -0.39 is 0 Å². The van der Waals surface area contributed by atoms with Gasteiger partial charge < -0.3 is 19.1 Å². The zero-order valence-corrected chi connectivity index (χ0v) is 14.2. The third-order valence-electron chi connectivity index (χ3n) is 6.17. The van der Waals surface area contributed by atoms with E-state index in [9.17, 15) is 0 Å². The van der Waals surface area contributed by atoms with Crippen LogP contribution in [0.3, 0.4) is 0 Å². The summed E-state index contributed by atoms with van der Waals surface area (Å²) in [6.45, 7) is 3.76. The highest BCUT2D eigenvalue weighted by molar-refractivity contribution is 5.36. The number of likely N-dealkylation sites (tertiary alicyclic amines) is 1. The summed E-state index contributed by atoms with van der Waals surface area (Å²) < 4.78 is 17.7. The molecule has 0 N–H and O–H groups in total. The molecule has 3 fully saturated rings. The minimum Gasteiger partial charge on any atom is -0.497 e. The summed E-state index contributed by atoms with van der Waals surface area (Å²) in [4.78, 5) is 2.47. The molecule has 0 radical (unpaired) electrons. The van der Waals surface area contributed by atoms with Crippen LogP contribution in [0.5, 0.6) is 5.75 Å². The SMILES string of the molecule is COc1cccc([C@@]23CCN(C)C[C@H]2CCC2(C3)OCCO2)c1. The third-order valence-corrected chi connectivity index (χ3v) is 6.17. The highest BCUT2D eigenvalue weighted by Crippen LogP contribution is 2.54. The maximum atomic E-state index is 6.09. The monoisotopic (exact) mass is 317 g/mol. The Bertz CT molecular complexity index is 569. The van der Waals surface area contributed by atoms with Gasteiger partial charge in [0.25, 0.3) is 0 Å². The number of piperidine rings is 1. The van der Waals surface area contributed by atoms with Crippen molar-refractivity contribution in [3.63, 3.8) is 0 Å². The first-order valence-electron chi connectivity index (χ1n) is 8.77. The normalized spacial score (nSPS) is 33.6. The van der Waals surface area contributed by atoms with Crippen molar-refractivity contribution in [2.75, 3.05) is 40.5 Å². The number of rotatable bonds is 2. The largest absolute Gasteiger partial charge is 0.497 e. The summed E-state index contributed by atoms with van der Waals surface area (Å²) in [5.74, 6) is 1.25. The minimum atomic E-state index is -0.352. The maximum Gasteiger partial charge on any atom is 0.169 e. The lowest BCUT2D eigenvalue weighted by Gasteiger charge is -2.54. The smallest absolute Gasteiger partial charge is 0.169 e. The Morgan fingerprint density at radius 1 is 1.22 bits per heavy atom. The summed E-state index contributed by atoms with van der Waals surface area (Å²) >= 11 is 0. The molecule has 2 atom stereocenters. The lowest BCUT2D eigenvalue weighted by Crippen LogP contribution is -2.56. The Balaban J connectivity index is 1.74. The zero-order valence-electron chi connectivity index (χ0n) is 14.2. The van der Waals surface area contributed by atoms with Gasteiger partial charge in [0, 0.05) is 24.8 Å². The van der Waals surface area contributed by atoms with Crippen molar-refractivity contribution in [3.8, 4) is 5.75 Å². The fraction of sp³-hybridized carbons (Fsp3) is 0.684. The van der Waals surface area contributed by atoms with Gasteiger partial charge in [-0.2, -0.15) is 0 Å². The molecule has 1 aliphatic carbocycles. The van der Waals surface area contributed by atoms with E-state index in [4.69, 9.17) is 14.2 Å². The van der Waals surface area contributed by atoms with Crippen LogP contribution in [0.2, 0.25) is 0 Å². The first-order valence-corrected chi connectivity index (χ1v) is 8.77. The van der Waals surface area contributed by atoms with Gasteiger partial charge in [-0.05, 0) is 50.0 Å². The lowest BCUT2D eigenvalue weighted by atomic mass is 9.57. The Morgan fingerprint density at radius 3 is 2.83 bits per heavy atom. The molecule has 126 valence electrons. The number of benzene rings is 1. The van der Waals surface area contributed by atoms with Crippen LogP contribution >= 0.6 is 0 Å². The van der Waals surface area contributed by atoms with E-state index in [1.165, 1.54) is 12.0 Å². The average molecular weight is 317 g/mol. The van der Waals surface area contributed by atoms with Crippen LogP contribution in [0.25, 0.3) is 0 Å². The molecule has 1 spiro atoms. The average Bonchev–Trinajstić information content (AvgIpc) is 3.03. The molecule has 1 saturated carbocycles. The molecule has 0 unspecified atom stereocenters. The molecule has 2 aliphatic heterocycles. The number of ether oxygens (including phenoxy) is 3. The summed E-state index contributed by atoms with van der Waals surface area (Å²) in [5.41, 5.74) is 1.54. The molecule has 0 bridgehead atoms. The molecule has 4 heteroatoms. The van der Waals surface area contributed by atoms with E-state index in [0.717, 1.165) is 51.3 Å². The molecular weight excluding hydrogens is 290 g/mol. The fourth-order valence-corrected chi connectivity index (χ4v) is 4.96. The van der Waals surface area contributed by atoms with Crippen LogP contribution in [0.4, 0.5) is 0 Å². The molecule has 1 aromatic rings. The Labute approximate surface area is 138 Å². The second-order valence-corrected chi connectivity index (χ2v) is 7.42. The summed E-state index contributed by atoms with van der Waals surface area (Å²) in [5, 5.41) is 0. The zero-order chi connectivity index (χ0) is 15.9.